The molecular weight excluding hydrogens is 616 g/mol. The fourth-order valence-corrected chi connectivity index (χ4v) is 5.89. The number of H-pyrrole nitrogens is 1. The Bertz CT molecular complexity index is 1810. The lowest BCUT2D eigenvalue weighted by atomic mass is 10.0. The van der Waals surface area contributed by atoms with Crippen molar-refractivity contribution in [2.75, 3.05) is 6.61 Å². The summed E-state index contributed by atoms with van der Waals surface area (Å²) in [4.78, 5) is 32.8. The number of para-hydroxylation sites is 1. The van der Waals surface area contributed by atoms with Crippen LogP contribution in [-0.4, -0.2) is 44.3 Å². The Morgan fingerprint density at radius 2 is 1.85 bits per heavy atom. The molecule has 12 heteroatoms. The number of amides is 1. The fraction of sp³-hybridized carbons (Fsp3) is 0.172. The van der Waals surface area contributed by atoms with Crippen molar-refractivity contribution in [1.82, 2.24) is 19.9 Å². The number of rotatable bonds is 9. The Morgan fingerprint density at radius 1 is 1.15 bits per heavy atom. The Kier molecular flexibility index (Phi) is 8.10. The van der Waals surface area contributed by atoms with Crippen molar-refractivity contribution in [2.45, 2.75) is 29.8 Å². The van der Waals surface area contributed by atoms with Gasteiger partial charge in [-0.3, -0.25) is 9.36 Å². The number of aromatic amines is 1. The van der Waals surface area contributed by atoms with Gasteiger partial charge in [-0.15, -0.1) is 0 Å². The lowest BCUT2D eigenvalue weighted by Gasteiger charge is -2.21. The second-order valence-corrected chi connectivity index (χ2v) is 10.8. The van der Waals surface area contributed by atoms with Gasteiger partial charge in [0, 0.05) is 34.3 Å². The highest BCUT2D eigenvalue weighted by molar-refractivity contribution is 9.10. The molecule has 0 aliphatic carbocycles. The molecule has 0 fully saturated rings. The molecule has 0 aliphatic rings. The van der Waals surface area contributed by atoms with Crippen LogP contribution in [0, 0.1) is 11.3 Å². The van der Waals surface area contributed by atoms with E-state index in [-0.39, 0.29) is 29.9 Å². The van der Waals surface area contributed by atoms with Gasteiger partial charge in [-0.25, -0.2) is 9.78 Å². The number of esters is 1. The van der Waals surface area contributed by atoms with Gasteiger partial charge in [0.2, 0.25) is 0 Å². The first-order chi connectivity index (χ1) is 19.7. The minimum absolute atomic E-state index is 0.0221. The van der Waals surface area contributed by atoms with Crippen LogP contribution in [-0.2, 0) is 20.7 Å². The molecule has 0 spiro atoms. The molecule has 0 radical (unpaired) electrons. The number of carbonyl (C=O) groups is 2. The number of nitrogens with one attached hydrogen (secondary N) is 2. The number of alkyl halides is 2. The van der Waals surface area contributed by atoms with E-state index in [1.165, 1.54) is 10.8 Å². The van der Waals surface area contributed by atoms with Crippen LogP contribution in [0.15, 0.2) is 82.8 Å². The van der Waals surface area contributed by atoms with Crippen LogP contribution < -0.4 is 5.32 Å². The van der Waals surface area contributed by atoms with Crippen LogP contribution in [0.1, 0.15) is 18.1 Å². The van der Waals surface area contributed by atoms with Gasteiger partial charge in [-0.1, -0.05) is 42.5 Å². The van der Waals surface area contributed by atoms with Crippen molar-refractivity contribution < 1.29 is 23.1 Å². The van der Waals surface area contributed by atoms with E-state index in [0.29, 0.717) is 32.2 Å². The molecule has 0 aliphatic heterocycles. The first kappa shape index (κ1) is 28.3. The SMILES string of the molecule is CCOC(=O)C(Cc1c[nH]c2ccccc12)NC(=O)C(F)(F)Sc1ncc(Br)n1-c1ccc(C#N)c2ccccc12. The van der Waals surface area contributed by atoms with Crippen molar-refractivity contribution in [3.05, 3.63) is 88.8 Å². The van der Waals surface area contributed by atoms with E-state index in [9.17, 15) is 14.9 Å². The largest absolute Gasteiger partial charge is 0.464 e. The Labute approximate surface area is 245 Å². The minimum atomic E-state index is -4.00. The average Bonchev–Trinajstić information content (AvgIpc) is 3.54. The summed E-state index contributed by atoms with van der Waals surface area (Å²) >= 11 is 3.31. The predicted molar refractivity (Wildman–Crippen MR) is 155 cm³/mol. The Hall–Kier alpha value is -4.21. The number of fused-ring (bicyclic) bond motifs is 2. The molecule has 8 nitrogen and oxygen atoms in total. The predicted octanol–water partition coefficient (Wildman–Crippen LogP) is 6.12. The van der Waals surface area contributed by atoms with Crippen LogP contribution in [0.25, 0.3) is 27.4 Å². The van der Waals surface area contributed by atoms with Crippen molar-refractivity contribution in [3.8, 4) is 11.8 Å². The molecule has 41 heavy (non-hydrogen) atoms. The normalized spacial score (nSPS) is 12.3. The van der Waals surface area contributed by atoms with E-state index in [0.717, 1.165) is 10.9 Å². The third kappa shape index (κ3) is 5.68. The molecule has 5 aromatic rings. The van der Waals surface area contributed by atoms with Gasteiger partial charge in [-0.2, -0.15) is 14.0 Å². The molecule has 0 saturated carbocycles. The fourth-order valence-electron chi connectivity index (χ4n) is 4.54. The molecule has 3 aromatic carbocycles. The van der Waals surface area contributed by atoms with E-state index in [1.807, 2.05) is 24.3 Å². The Balaban J connectivity index is 1.43. The van der Waals surface area contributed by atoms with Gasteiger partial charge in [-0.05, 0) is 58.4 Å². The lowest BCUT2D eigenvalue weighted by molar-refractivity contribution is -0.149. The van der Waals surface area contributed by atoms with Gasteiger partial charge in [0.05, 0.1) is 30.1 Å². The second kappa shape index (κ2) is 11.7. The van der Waals surface area contributed by atoms with Crippen molar-refractivity contribution in [2.24, 2.45) is 0 Å². The third-order valence-electron chi connectivity index (χ3n) is 6.41. The third-order valence-corrected chi connectivity index (χ3v) is 7.88. The minimum Gasteiger partial charge on any atom is -0.464 e. The van der Waals surface area contributed by atoms with Crippen LogP contribution in [0.5, 0.6) is 0 Å². The van der Waals surface area contributed by atoms with Crippen molar-refractivity contribution >= 4 is 61.2 Å². The monoisotopic (exact) mass is 637 g/mol. The molecule has 2 N–H and O–H groups in total. The molecule has 1 amide bonds. The summed E-state index contributed by atoms with van der Waals surface area (Å²) in [6.07, 6.45) is 2.97. The van der Waals surface area contributed by atoms with Crippen LogP contribution in [0.4, 0.5) is 8.78 Å². The molecule has 208 valence electrons. The number of thioether (sulfide) groups is 1. The van der Waals surface area contributed by atoms with Crippen LogP contribution in [0.3, 0.4) is 0 Å². The van der Waals surface area contributed by atoms with Gasteiger partial charge in [0.25, 0.3) is 0 Å². The van der Waals surface area contributed by atoms with Crippen molar-refractivity contribution in [1.29, 1.82) is 5.26 Å². The van der Waals surface area contributed by atoms with E-state index in [4.69, 9.17) is 4.74 Å². The average molecular weight is 638 g/mol. The second-order valence-electron chi connectivity index (χ2n) is 8.95. The number of benzene rings is 3. The molecule has 1 atom stereocenters. The first-order valence-electron chi connectivity index (χ1n) is 12.5. The summed E-state index contributed by atoms with van der Waals surface area (Å²) in [6, 6.07) is 18.4. The Morgan fingerprint density at radius 3 is 2.59 bits per heavy atom. The van der Waals surface area contributed by atoms with E-state index in [1.54, 1.807) is 49.5 Å². The molecule has 2 heterocycles. The summed E-state index contributed by atoms with van der Waals surface area (Å²) in [5.74, 6) is -2.48. The summed E-state index contributed by atoms with van der Waals surface area (Å²) in [7, 11) is 0. The highest BCUT2D eigenvalue weighted by Gasteiger charge is 2.44. The van der Waals surface area contributed by atoms with E-state index in [2.05, 4.69) is 37.3 Å². The highest BCUT2D eigenvalue weighted by Crippen LogP contribution is 2.39. The summed E-state index contributed by atoms with van der Waals surface area (Å²) < 4.78 is 37.8. The first-order valence-corrected chi connectivity index (χ1v) is 14.1. The molecule has 5 rings (SSSR count). The number of halogens is 3. The number of hydrogen-bond acceptors (Lipinski definition) is 6. The maximum absolute atomic E-state index is 15.5. The standard InChI is InChI=1S/C29H22BrF2N5O3S/c1-2-40-26(38)23(13-18-15-34-22-10-6-5-8-20(18)22)36-27(39)29(31,32)41-28-35-16-25(30)37(28)24-12-11-17(14-33)19-7-3-4-9-21(19)24/h3-12,15-16,23,34H,2,13H2,1H3,(H,36,39). The van der Waals surface area contributed by atoms with Gasteiger partial charge in [0.15, 0.2) is 5.16 Å². The van der Waals surface area contributed by atoms with Crippen LogP contribution in [0.2, 0.25) is 0 Å². The number of aromatic nitrogens is 3. The summed E-state index contributed by atoms with van der Waals surface area (Å²) in [6.45, 7) is 1.62. The molecule has 2 aromatic heterocycles. The zero-order valence-electron chi connectivity index (χ0n) is 21.5. The number of imidazole rings is 1. The zero-order chi connectivity index (χ0) is 29.1. The lowest BCUT2D eigenvalue weighted by Crippen LogP contribution is -2.49. The topological polar surface area (TPSA) is 113 Å². The number of hydrogen-bond donors (Lipinski definition) is 2. The molecule has 1 unspecified atom stereocenters. The molecule has 0 saturated heterocycles. The van der Waals surface area contributed by atoms with Crippen LogP contribution >= 0.6 is 27.7 Å². The quantitative estimate of drug-likeness (QED) is 0.149. The molecular formula is C29H22BrF2N5O3S. The van der Waals surface area contributed by atoms with Gasteiger partial charge in [0.1, 0.15) is 10.6 Å². The highest BCUT2D eigenvalue weighted by atomic mass is 79.9. The number of nitriles is 1. The van der Waals surface area contributed by atoms with Gasteiger partial charge < -0.3 is 15.0 Å². The number of nitrogens with zero attached hydrogens (tertiary/aromatic N) is 3. The maximum atomic E-state index is 15.5. The van der Waals surface area contributed by atoms with Crippen molar-refractivity contribution in [3.63, 3.8) is 0 Å². The van der Waals surface area contributed by atoms with E-state index >= 15 is 8.78 Å². The smallest absolute Gasteiger partial charge is 0.377 e. The zero-order valence-corrected chi connectivity index (χ0v) is 23.9. The number of carbonyl (C=O) groups excluding carboxylic acids is 2. The molecule has 0 bridgehead atoms. The number of ether oxygens (including phenoxy) is 1. The summed E-state index contributed by atoms with van der Waals surface area (Å²) in [5, 5.41) is 9.60. The summed E-state index contributed by atoms with van der Waals surface area (Å²) in [5.41, 5.74) is 2.40. The van der Waals surface area contributed by atoms with E-state index < -0.39 is 23.2 Å². The van der Waals surface area contributed by atoms with Gasteiger partial charge >= 0.3 is 17.1 Å². The maximum Gasteiger partial charge on any atom is 0.377 e.